The lowest BCUT2D eigenvalue weighted by Crippen LogP contribution is -2.28. The predicted molar refractivity (Wildman–Crippen MR) is 101 cm³/mol. The van der Waals surface area contributed by atoms with E-state index < -0.39 is 4.92 Å². The van der Waals surface area contributed by atoms with Gasteiger partial charge in [-0.3, -0.25) is 19.7 Å². The van der Waals surface area contributed by atoms with E-state index in [2.05, 4.69) is 5.10 Å². The van der Waals surface area contributed by atoms with Crippen LogP contribution in [0.25, 0.3) is 0 Å². The zero-order chi connectivity index (χ0) is 20.0. The lowest BCUT2D eigenvalue weighted by Gasteiger charge is -2.15. The minimum Gasteiger partial charge on any atom is -0.490 e. The summed E-state index contributed by atoms with van der Waals surface area (Å²) in [5, 5.41) is 16.1. The quantitative estimate of drug-likeness (QED) is 0.247. The molecule has 4 rings (SSSR count). The number of hydrogen-bond acceptors (Lipinski definition) is 6. The van der Waals surface area contributed by atoms with Gasteiger partial charge in [-0.25, -0.2) is 0 Å². The Bertz CT molecular complexity index is 879. The van der Waals surface area contributed by atoms with Crippen molar-refractivity contribution in [3.8, 4) is 5.75 Å². The van der Waals surface area contributed by atoms with Gasteiger partial charge in [0.15, 0.2) is 0 Å². The summed E-state index contributed by atoms with van der Waals surface area (Å²) in [6.45, 7) is 3.85. The normalized spacial score (nSPS) is 29.0. The smallest absolute Gasteiger partial charge is 0.270 e. The molecule has 146 valence electrons. The Balaban J connectivity index is 1.62. The summed E-state index contributed by atoms with van der Waals surface area (Å²) < 4.78 is 5.80. The maximum absolute atomic E-state index is 12.7. The summed E-state index contributed by atoms with van der Waals surface area (Å²) in [5.74, 6) is -0.621. The highest BCUT2D eigenvalue weighted by Crippen LogP contribution is 2.52. The molecule has 8 heteroatoms. The average molecular weight is 383 g/mol. The molecular formula is C20H21N3O5. The number of amides is 2. The first-order valence-corrected chi connectivity index (χ1v) is 9.46. The van der Waals surface area contributed by atoms with Crippen LogP contribution in [0.5, 0.6) is 5.75 Å². The topological polar surface area (TPSA) is 102 Å². The minimum absolute atomic E-state index is 0.0929. The van der Waals surface area contributed by atoms with Crippen molar-refractivity contribution < 1.29 is 19.2 Å². The highest BCUT2D eigenvalue weighted by atomic mass is 16.6. The zero-order valence-electron chi connectivity index (χ0n) is 15.6. The van der Waals surface area contributed by atoms with Crippen LogP contribution >= 0.6 is 0 Å². The molecule has 1 aliphatic heterocycles. The third-order valence-electron chi connectivity index (χ3n) is 5.87. The Morgan fingerprint density at radius 1 is 1.29 bits per heavy atom. The van der Waals surface area contributed by atoms with Gasteiger partial charge < -0.3 is 4.74 Å². The van der Waals surface area contributed by atoms with Crippen LogP contribution < -0.4 is 4.74 Å². The number of non-ortho nitro benzene ring substituents is 1. The first-order valence-electron chi connectivity index (χ1n) is 9.46. The maximum Gasteiger partial charge on any atom is 0.270 e. The van der Waals surface area contributed by atoms with E-state index in [-0.39, 0.29) is 47.3 Å². The molecule has 5 atom stereocenters. The standard InChI is InChI=1S/C20H21N3O5/c1-3-11(2)28-16-7-6-15(23(26)27)9-14(16)10-21-22-19(24)17-12-4-5-13(8-12)18(17)20(22)25/h4-7,9-13,17-18H,3,8H2,1-2H3/t11-,12+,13+,17-,18+/m1/s1. The van der Waals surface area contributed by atoms with Crippen LogP contribution in [-0.4, -0.2) is 34.1 Å². The Morgan fingerprint density at radius 3 is 2.50 bits per heavy atom. The molecule has 0 radical (unpaired) electrons. The van der Waals surface area contributed by atoms with E-state index in [0.717, 1.165) is 17.9 Å². The highest BCUT2D eigenvalue weighted by molar-refractivity contribution is 6.07. The van der Waals surface area contributed by atoms with Crippen molar-refractivity contribution >= 4 is 23.7 Å². The van der Waals surface area contributed by atoms with Crippen LogP contribution in [0.2, 0.25) is 0 Å². The Labute approximate surface area is 162 Å². The van der Waals surface area contributed by atoms with Gasteiger partial charge in [-0.15, -0.1) is 0 Å². The second kappa shape index (κ2) is 6.85. The molecule has 1 aromatic rings. The summed E-state index contributed by atoms with van der Waals surface area (Å²) in [6.07, 6.45) is 6.85. The Kier molecular flexibility index (Phi) is 4.49. The number of nitro benzene ring substituents is 1. The molecule has 2 fully saturated rings. The van der Waals surface area contributed by atoms with Crippen molar-refractivity contribution in [1.29, 1.82) is 0 Å². The van der Waals surface area contributed by atoms with E-state index >= 15 is 0 Å². The molecule has 2 bridgehead atoms. The van der Waals surface area contributed by atoms with E-state index in [1.54, 1.807) is 0 Å². The third kappa shape index (κ3) is 2.89. The minimum atomic E-state index is -0.510. The van der Waals surface area contributed by atoms with Gasteiger partial charge in [0.25, 0.3) is 17.5 Å². The van der Waals surface area contributed by atoms with Crippen molar-refractivity contribution in [1.82, 2.24) is 5.01 Å². The molecule has 3 aliphatic rings. The largest absolute Gasteiger partial charge is 0.490 e. The van der Waals surface area contributed by atoms with Crippen molar-refractivity contribution in [2.24, 2.45) is 28.8 Å². The third-order valence-corrected chi connectivity index (χ3v) is 5.87. The number of carbonyl (C=O) groups excluding carboxylic acids is 2. The van der Waals surface area contributed by atoms with Crippen LogP contribution in [0.1, 0.15) is 32.3 Å². The van der Waals surface area contributed by atoms with Gasteiger partial charge in [-0.2, -0.15) is 10.1 Å². The highest BCUT2D eigenvalue weighted by Gasteiger charge is 2.59. The van der Waals surface area contributed by atoms with Gasteiger partial charge in [0, 0.05) is 17.7 Å². The number of nitrogens with zero attached hydrogens (tertiary/aromatic N) is 3. The molecule has 1 saturated heterocycles. The van der Waals surface area contributed by atoms with Crippen LogP contribution in [0.15, 0.2) is 35.5 Å². The number of benzene rings is 1. The van der Waals surface area contributed by atoms with Crippen LogP contribution in [0.4, 0.5) is 5.69 Å². The van der Waals surface area contributed by atoms with E-state index in [1.165, 1.54) is 24.4 Å². The SMILES string of the molecule is CC[C@@H](C)Oc1ccc([N+](=O)[O-])cc1C=NN1C(=O)[C@@H]2[C@H](C1=O)[C@H]1C=C[C@H]2C1. The van der Waals surface area contributed by atoms with Crippen LogP contribution in [0, 0.1) is 33.8 Å². The van der Waals surface area contributed by atoms with Crippen molar-refractivity contribution in [3.05, 3.63) is 46.0 Å². The van der Waals surface area contributed by atoms with Crippen molar-refractivity contribution in [2.45, 2.75) is 32.8 Å². The summed E-state index contributed by atoms with van der Waals surface area (Å²) >= 11 is 0. The fourth-order valence-electron chi connectivity index (χ4n) is 4.28. The predicted octanol–water partition coefficient (Wildman–Crippen LogP) is 2.91. The van der Waals surface area contributed by atoms with Gasteiger partial charge in [-0.1, -0.05) is 19.1 Å². The van der Waals surface area contributed by atoms with E-state index in [1.807, 2.05) is 26.0 Å². The van der Waals surface area contributed by atoms with Gasteiger partial charge >= 0.3 is 0 Å². The summed E-state index contributed by atoms with van der Waals surface area (Å²) in [5.41, 5.74) is 0.240. The zero-order valence-corrected chi connectivity index (χ0v) is 15.6. The molecule has 8 nitrogen and oxygen atoms in total. The molecule has 2 amide bonds. The lowest BCUT2D eigenvalue weighted by molar-refractivity contribution is -0.384. The molecule has 1 aromatic carbocycles. The van der Waals surface area contributed by atoms with Crippen LogP contribution in [-0.2, 0) is 9.59 Å². The summed E-state index contributed by atoms with van der Waals surface area (Å²) in [6, 6.07) is 4.20. The monoisotopic (exact) mass is 383 g/mol. The molecule has 0 spiro atoms. The first kappa shape index (κ1) is 18.3. The number of fused-ring (bicyclic) bond motifs is 5. The molecular weight excluding hydrogens is 362 g/mol. The summed E-state index contributed by atoms with van der Waals surface area (Å²) in [7, 11) is 0. The van der Waals surface area contributed by atoms with Gasteiger partial charge in [-0.05, 0) is 37.7 Å². The second-order valence-corrected chi connectivity index (χ2v) is 7.55. The maximum atomic E-state index is 12.7. The fourth-order valence-corrected chi connectivity index (χ4v) is 4.28. The fraction of sp³-hybridized carbons (Fsp3) is 0.450. The average Bonchev–Trinajstić information content (AvgIpc) is 3.35. The Hall–Kier alpha value is -3.03. The molecule has 1 saturated carbocycles. The van der Waals surface area contributed by atoms with Crippen molar-refractivity contribution in [3.63, 3.8) is 0 Å². The van der Waals surface area contributed by atoms with Crippen LogP contribution in [0.3, 0.4) is 0 Å². The first-order chi connectivity index (χ1) is 13.4. The molecule has 0 unspecified atom stereocenters. The molecule has 2 aliphatic carbocycles. The number of rotatable bonds is 6. The van der Waals surface area contributed by atoms with E-state index in [4.69, 9.17) is 4.74 Å². The number of nitro groups is 1. The lowest BCUT2D eigenvalue weighted by atomic mass is 9.85. The van der Waals surface area contributed by atoms with Gasteiger partial charge in [0.2, 0.25) is 0 Å². The molecule has 0 aromatic heterocycles. The number of hydrazone groups is 1. The van der Waals surface area contributed by atoms with E-state index in [0.29, 0.717) is 11.3 Å². The van der Waals surface area contributed by atoms with E-state index in [9.17, 15) is 19.7 Å². The van der Waals surface area contributed by atoms with Gasteiger partial charge in [0.1, 0.15) is 5.75 Å². The number of imide groups is 1. The number of carbonyl (C=O) groups is 2. The number of allylic oxidation sites excluding steroid dienone is 2. The number of ether oxygens (including phenoxy) is 1. The van der Waals surface area contributed by atoms with Crippen molar-refractivity contribution in [2.75, 3.05) is 0 Å². The molecule has 28 heavy (non-hydrogen) atoms. The summed E-state index contributed by atoms with van der Waals surface area (Å²) in [4.78, 5) is 36.0. The Morgan fingerprint density at radius 2 is 1.93 bits per heavy atom. The molecule has 1 heterocycles. The molecule has 0 N–H and O–H groups in total. The number of hydrogen-bond donors (Lipinski definition) is 0. The second-order valence-electron chi connectivity index (χ2n) is 7.55. The van der Waals surface area contributed by atoms with Gasteiger partial charge in [0.05, 0.1) is 29.1 Å².